The first-order valence-electron chi connectivity index (χ1n) is 9.27. The van der Waals surface area contributed by atoms with Gasteiger partial charge in [0.1, 0.15) is 18.1 Å². The van der Waals surface area contributed by atoms with Crippen LogP contribution in [0.2, 0.25) is 0 Å². The third kappa shape index (κ3) is 3.88. The summed E-state index contributed by atoms with van der Waals surface area (Å²) < 4.78 is 21.0. The van der Waals surface area contributed by atoms with Crippen LogP contribution in [0, 0.1) is 5.82 Å². The highest BCUT2D eigenvalue weighted by Crippen LogP contribution is 2.22. The van der Waals surface area contributed by atoms with Gasteiger partial charge in [0.15, 0.2) is 0 Å². The smallest absolute Gasteiger partial charge is 0.351 e. The van der Waals surface area contributed by atoms with E-state index in [0.29, 0.717) is 5.75 Å². The number of amides is 1. The summed E-state index contributed by atoms with van der Waals surface area (Å²) in [6.45, 7) is -0.174. The van der Waals surface area contributed by atoms with Crippen molar-refractivity contribution >= 4 is 11.6 Å². The topological polar surface area (TPSA) is 90.5 Å². The molecule has 0 atom stereocenters. The molecule has 1 aliphatic rings. The van der Waals surface area contributed by atoms with Gasteiger partial charge in [0.25, 0.3) is 5.88 Å². The minimum absolute atomic E-state index is 0.0950. The number of benzene rings is 1. The first-order valence-corrected chi connectivity index (χ1v) is 9.27. The van der Waals surface area contributed by atoms with Crippen molar-refractivity contribution in [2.24, 2.45) is 0 Å². The van der Waals surface area contributed by atoms with Gasteiger partial charge in [-0.3, -0.25) is 4.79 Å². The number of aromatic nitrogens is 4. The highest BCUT2D eigenvalue weighted by Gasteiger charge is 2.19. The molecule has 0 aliphatic heterocycles. The normalized spacial score (nSPS) is 14.9. The van der Waals surface area contributed by atoms with Crippen LogP contribution in [0.5, 0.6) is 11.6 Å². The standard InChI is InChI=1S/C19H20FN5O3/c20-13-6-8-15(9-7-13)28-18-17-23-25(19(27)24(17)11-10-21-18)12-16(26)22-14-4-2-1-3-5-14/h6-11,14H,1-5,12H2,(H,22,26). The fourth-order valence-corrected chi connectivity index (χ4v) is 3.37. The van der Waals surface area contributed by atoms with Crippen LogP contribution in [0.1, 0.15) is 32.1 Å². The van der Waals surface area contributed by atoms with Gasteiger partial charge in [-0.15, -0.1) is 5.10 Å². The van der Waals surface area contributed by atoms with Crippen molar-refractivity contribution in [3.05, 3.63) is 53.0 Å². The number of ether oxygens (including phenoxy) is 1. The van der Waals surface area contributed by atoms with Crippen LogP contribution in [0.3, 0.4) is 0 Å². The highest BCUT2D eigenvalue weighted by molar-refractivity contribution is 5.76. The van der Waals surface area contributed by atoms with E-state index in [9.17, 15) is 14.0 Å². The molecule has 1 amide bonds. The first kappa shape index (κ1) is 18.1. The van der Waals surface area contributed by atoms with Gasteiger partial charge in [-0.1, -0.05) is 19.3 Å². The Balaban J connectivity index is 1.55. The lowest BCUT2D eigenvalue weighted by Gasteiger charge is -2.22. The summed E-state index contributed by atoms with van der Waals surface area (Å²) >= 11 is 0. The third-order valence-electron chi connectivity index (χ3n) is 4.76. The predicted octanol–water partition coefficient (Wildman–Crippen LogP) is 2.27. The van der Waals surface area contributed by atoms with Gasteiger partial charge < -0.3 is 10.1 Å². The second-order valence-electron chi connectivity index (χ2n) is 6.82. The second kappa shape index (κ2) is 7.79. The first-order chi connectivity index (χ1) is 13.6. The fourth-order valence-electron chi connectivity index (χ4n) is 3.37. The van der Waals surface area contributed by atoms with Crippen LogP contribution in [0.25, 0.3) is 5.65 Å². The van der Waals surface area contributed by atoms with E-state index in [4.69, 9.17) is 4.74 Å². The molecule has 1 aliphatic carbocycles. The summed E-state index contributed by atoms with van der Waals surface area (Å²) in [4.78, 5) is 29.0. The van der Waals surface area contributed by atoms with Crippen molar-refractivity contribution in [3.63, 3.8) is 0 Å². The molecule has 3 aromatic rings. The molecule has 0 bridgehead atoms. The minimum Gasteiger partial charge on any atom is -0.436 e. The average Bonchev–Trinajstić information content (AvgIpc) is 3.01. The molecule has 1 saturated carbocycles. The van der Waals surface area contributed by atoms with Gasteiger partial charge in [-0.25, -0.2) is 23.3 Å². The maximum absolute atomic E-state index is 13.1. The van der Waals surface area contributed by atoms with Gasteiger partial charge >= 0.3 is 5.69 Å². The Morgan fingerprint density at radius 1 is 1.21 bits per heavy atom. The Bertz CT molecular complexity index is 1040. The summed E-state index contributed by atoms with van der Waals surface area (Å²) in [6, 6.07) is 5.58. The van der Waals surface area contributed by atoms with Crippen LogP contribution in [0.4, 0.5) is 4.39 Å². The summed E-state index contributed by atoms with van der Waals surface area (Å²) in [5, 5.41) is 7.17. The van der Waals surface area contributed by atoms with E-state index in [1.165, 1.54) is 47.5 Å². The molecule has 146 valence electrons. The Labute approximate surface area is 160 Å². The zero-order valence-corrected chi connectivity index (χ0v) is 15.2. The van der Waals surface area contributed by atoms with Crippen molar-refractivity contribution in [2.75, 3.05) is 0 Å². The Morgan fingerprint density at radius 2 is 1.96 bits per heavy atom. The predicted molar refractivity (Wildman–Crippen MR) is 98.7 cm³/mol. The van der Waals surface area contributed by atoms with Crippen molar-refractivity contribution in [3.8, 4) is 11.6 Å². The molecule has 0 unspecified atom stereocenters. The number of nitrogens with zero attached hydrogens (tertiary/aromatic N) is 4. The van der Waals surface area contributed by atoms with Gasteiger partial charge in [-0.05, 0) is 37.1 Å². The van der Waals surface area contributed by atoms with Gasteiger partial charge in [0.2, 0.25) is 11.6 Å². The Morgan fingerprint density at radius 3 is 2.71 bits per heavy atom. The number of rotatable bonds is 5. The average molecular weight is 385 g/mol. The van der Waals surface area contributed by atoms with E-state index >= 15 is 0 Å². The number of halogens is 1. The Hall–Kier alpha value is -3.23. The number of carbonyl (C=O) groups is 1. The number of hydrogen-bond acceptors (Lipinski definition) is 5. The molecular weight excluding hydrogens is 365 g/mol. The highest BCUT2D eigenvalue weighted by atomic mass is 19.1. The van der Waals surface area contributed by atoms with Crippen LogP contribution in [-0.4, -0.2) is 31.1 Å². The van der Waals surface area contributed by atoms with E-state index in [2.05, 4.69) is 15.4 Å². The quantitative estimate of drug-likeness (QED) is 0.728. The number of hydrogen-bond donors (Lipinski definition) is 1. The lowest BCUT2D eigenvalue weighted by molar-refractivity contribution is -0.122. The fraction of sp³-hybridized carbons (Fsp3) is 0.368. The molecule has 9 heteroatoms. The number of fused-ring (bicyclic) bond motifs is 1. The maximum Gasteiger partial charge on any atom is 0.351 e. The largest absolute Gasteiger partial charge is 0.436 e. The van der Waals surface area contributed by atoms with Gasteiger partial charge in [0.05, 0.1) is 0 Å². The van der Waals surface area contributed by atoms with Crippen molar-refractivity contribution in [1.82, 2.24) is 24.5 Å². The number of nitrogens with one attached hydrogen (secondary N) is 1. The SMILES string of the molecule is O=C(Cn1nc2c(Oc3ccc(F)cc3)nccn2c1=O)NC1CCCCC1. The molecule has 1 aromatic carbocycles. The van der Waals surface area contributed by atoms with Crippen LogP contribution in [-0.2, 0) is 11.3 Å². The van der Waals surface area contributed by atoms with Crippen LogP contribution < -0.4 is 15.7 Å². The Kier molecular flexibility index (Phi) is 5.05. The van der Waals surface area contributed by atoms with Crippen LogP contribution in [0.15, 0.2) is 41.5 Å². The molecule has 0 saturated heterocycles. The van der Waals surface area contributed by atoms with E-state index in [1.54, 1.807) is 0 Å². The minimum atomic E-state index is -0.458. The molecule has 4 rings (SSSR count). The maximum atomic E-state index is 13.1. The lowest BCUT2D eigenvalue weighted by Crippen LogP contribution is -2.40. The van der Waals surface area contributed by atoms with Crippen molar-refractivity contribution in [1.29, 1.82) is 0 Å². The summed E-state index contributed by atoms with van der Waals surface area (Å²) in [5.74, 6) is -0.175. The zero-order valence-electron chi connectivity index (χ0n) is 15.2. The summed E-state index contributed by atoms with van der Waals surface area (Å²) in [6.07, 6.45) is 8.20. The third-order valence-corrected chi connectivity index (χ3v) is 4.76. The zero-order chi connectivity index (χ0) is 19.5. The van der Waals surface area contributed by atoms with E-state index < -0.39 is 5.69 Å². The molecule has 1 fully saturated rings. The van der Waals surface area contributed by atoms with Gasteiger partial charge in [0, 0.05) is 18.4 Å². The molecule has 2 heterocycles. The van der Waals surface area contributed by atoms with E-state index in [1.807, 2.05) is 0 Å². The van der Waals surface area contributed by atoms with E-state index in [-0.39, 0.29) is 35.8 Å². The molecule has 2 aromatic heterocycles. The van der Waals surface area contributed by atoms with Crippen molar-refractivity contribution < 1.29 is 13.9 Å². The molecule has 28 heavy (non-hydrogen) atoms. The second-order valence-corrected chi connectivity index (χ2v) is 6.82. The molecule has 0 spiro atoms. The molecular formula is C19H20FN5O3. The summed E-state index contributed by atoms with van der Waals surface area (Å²) in [7, 11) is 0. The molecule has 8 nitrogen and oxygen atoms in total. The van der Waals surface area contributed by atoms with E-state index in [0.717, 1.165) is 30.4 Å². The summed E-state index contributed by atoms with van der Waals surface area (Å²) in [5.41, 5.74) is -0.276. The molecule has 1 N–H and O–H groups in total. The van der Waals surface area contributed by atoms with Crippen molar-refractivity contribution in [2.45, 2.75) is 44.7 Å². The number of carbonyl (C=O) groups excluding carboxylic acids is 1. The van der Waals surface area contributed by atoms with Gasteiger partial charge in [-0.2, -0.15) is 0 Å². The lowest BCUT2D eigenvalue weighted by atomic mass is 9.95. The molecule has 0 radical (unpaired) electrons. The van der Waals surface area contributed by atoms with Crippen LogP contribution >= 0.6 is 0 Å². The monoisotopic (exact) mass is 385 g/mol.